The monoisotopic (exact) mass is 561 g/mol. The van der Waals surface area contributed by atoms with Gasteiger partial charge in [-0.05, 0) is 65.0 Å². The fraction of sp³-hybridized carbons (Fsp3) is 0. The quantitative estimate of drug-likeness (QED) is 0.210. The molecule has 0 saturated carbocycles. The van der Waals surface area contributed by atoms with Crippen molar-refractivity contribution in [3.8, 4) is 33.9 Å². The second kappa shape index (κ2) is 9.82. The maximum atomic E-state index is 5.36. The molecule has 0 aliphatic heterocycles. The molecule has 44 heavy (non-hydrogen) atoms. The molecule has 0 aliphatic rings. The number of hydrogen-bond acceptors (Lipinski definition) is 1. The smallest absolute Gasteiger partial charge is 0.145 e. The van der Waals surface area contributed by atoms with E-state index in [4.69, 9.17) is 4.98 Å². The van der Waals surface area contributed by atoms with Crippen molar-refractivity contribution in [3.05, 3.63) is 164 Å². The van der Waals surface area contributed by atoms with Crippen molar-refractivity contribution in [2.75, 3.05) is 0 Å². The van der Waals surface area contributed by atoms with Crippen LogP contribution in [0, 0.1) is 0 Å². The van der Waals surface area contributed by atoms with E-state index in [0.717, 1.165) is 39.2 Å². The molecule has 3 nitrogen and oxygen atoms in total. The average molecular weight is 562 g/mol. The van der Waals surface area contributed by atoms with Crippen molar-refractivity contribution >= 4 is 43.6 Å². The van der Waals surface area contributed by atoms with Crippen molar-refractivity contribution in [2.24, 2.45) is 0 Å². The Kier molecular flexibility index (Phi) is 5.50. The zero-order chi connectivity index (χ0) is 29.0. The van der Waals surface area contributed by atoms with E-state index >= 15 is 0 Å². The SMILES string of the molecule is c1ccc(-c2cccc(-n3c4ccccc4c4cc5ccc6c(nc(-c7ccccc7)n6-c6ccccc6)c5cc43)c2)cc1. The Labute approximate surface area is 254 Å². The predicted molar refractivity (Wildman–Crippen MR) is 184 cm³/mol. The maximum absolute atomic E-state index is 5.36. The molecule has 0 atom stereocenters. The van der Waals surface area contributed by atoms with Gasteiger partial charge in [-0.15, -0.1) is 0 Å². The molecule has 0 bridgehead atoms. The van der Waals surface area contributed by atoms with Gasteiger partial charge in [-0.2, -0.15) is 0 Å². The van der Waals surface area contributed by atoms with Crippen LogP contribution in [0.2, 0.25) is 0 Å². The second-order valence-electron chi connectivity index (χ2n) is 11.3. The molecule has 0 spiro atoms. The topological polar surface area (TPSA) is 22.8 Å². The van der Waals surface area contributed by atoms with Crippen LogP contribution in [0.5, 0.6) is 0 Å². The first-order valence-electron chi connectivity index (χ1n) is 15.0. The van der Waals surface area contributed by atoms with Gasteiger partial charge in [0.25, 0.3) is 0 Å². The van der Waals surface area contributed by atoms with E-state index in [-0.39, 0.29) is 0 Å². The molecule has 206 valence electrons. The van der Waals surface area contributed by atoms with Crippen LogP contribution in [0.1, 0.15) is 0 Å². The third kappa shape index (κ3) is 3.80. The van der Waals surface area contributed by atoms with Crippen LogP contribution >= 0.6 is 0 Å². The summed E-state index contributed by atoms with van der Waals surface area (Å²) >= 11 is 0. The van der Waals surface area contributed by atoms with Crippen molar-refractivity contribution in [1.29, 1.82) is 0 Å². The van der Waals surface area contributed by atoms with Gasteiger partial charge in [-0.25, -0.2) is 4.98 Å². The lowest BCUT2D eigenvalue weighted by molar-refractivity contribution is 1.10. The average Bonchev–Trinajstić information content (AvgIpc) is 3.65. The number of aromatic nitrogens is 3. The normalized spacial score (nSPS) is 11.6. The molecule has 9 aromatic rings. The van der Waals surface area contributed by atoms with Crippen molar-refractivity contribution in [1.82, 2.24) is 14.1 Å². The molecule has 0 radical (unpaired) electrons. The number of rotatable bonds is 4. The van der Waals surface area contributed by atoms with Gasteiger partial charge < -0.3 is 4.57 Å². The van der Waals surface area contributed by atoms with E-state index in [9.17, 15) is 0 Å². The Morgan fingerprint density at radius 3 is 1.82 bits per heavy atom. The number of benzene rings is 7. The van der Waals surface area contributed by atoms with Crippen LogP contribution in [0.3, 0.4) is 0 Å². The van der Waals surface area contributed by atoms with Crippen LogP contribution in [-0.2, 0) is 0 Å². The van der Waals surface area contributed by atoms with E-state index in [0.29, 0.717) is 0 Å². The Balaban J connectivity index is 1.36. The lowest BCUT2D eigenvalue weighted by atomic mass is 10.0. The molecule has 0 aliphatic carbocycles. The Morgan fingerprint density at radius 2 is 1.02 bits per heavy atom. The van der Waals surface area contributed by atoms with Gasteiger partial charge in [0.05, 0.1) is 22.1 Å². The molecule has 3 heteroatoms. The number of para-hydroxylation sites is 2. The standard InChI is InChI=1S/C41H27N3/c1-4-13-28(14-5-1)30-17-12-20-33(25-30)43-37-22-11-10-21-34(37)36-26-31-23-24-38-40(35(31)27-39(36)43)42-41(29-15-6-2-7-16-29)44(38)32-18-8-3-9-19-32/h1-27H. The molecule has 7 aromatic carbocycles. The molecular weight excluding hydrogens is 534 g/mol. The molecule has 0 saturated heterocycles. The molecule has 0 unspecified atom stereocenters. The fourth-order valence-electron chi connectivity index (χ4n) is 6.68. The van der Waals surface area contributed by atoms with E-state index in [2.05, 4.69) is 173 Å². The summed E-state index contributed by atoms with van der Waals surface area (Å²) in [6, 6.07) is 58.3. The lowest BCUT2D eigenvalue weighted by Crippen LogP contribution is -1.97. The van der Waals surface area contributed by atoms with Crippen molar-refractivity contribution in [2.45, 2.75) is 0 Å². The van der Waals surface area contributed by atoms with E-state index in [1.165, 1.54) is 38.3 Å². The molecule has 0 fully saturated rings. The lowest BCUT2D eigenvalue weighted by Gasteiger charge is -2.11. The summed E-state index contributed by atoms with van der Waals surface area (Å²) in [6.45, 7) is 0. The Hall–Kier alpha value is -5.93. The van der Waals surface area contributed by atoms with Gasteiger partial charge in [-0.1, -0.05) is 115 Å². The van der Waals surface area contributed by atoms with Gasteiger partial charge in [0.15, 0.2) is 0 Å². The fourth-order valence-corrected chi connectivity index (χ4v) is 6.68. The van der Waals surface area contributed by atoms with E-state index in [1.54, 1.807) is 0 Å². The number of hydrogen-bond donors (Lipinski definition) is 0. The minimum absolute atomic E-state index is 0.940. The van der Waals surface area contributed by atoms with Gasteiger partial charge in [0, 0.05) is 33.1 Å². The molecule has 0 amide bonds. The van der Waals surface area contributed by atoms with Gasteiger partial charge in [-0.3, -0.25) is 4.57 Å². The molecular formula is C41H27N3. The van der Waals surface area contributed by atoms with Crippen LogP contribution < -0.4 is 0 Å². The summed E-state index contributed by atoms with van der Waals surface area (Å²) in [4.78, 5) is 5.36. The van der Waals surface area contributed by atoms with Crippen molar-refractivity contribution < 1.29 is 0 Å². The first-order chi connectivity index (χ1) is 21.8. The molecule has 2 aromatic heterocycles. The van der Waals surface area contributed by atoms with Crippen LogP contribution in [-0.4, -0.2) is 14.1 Å². The second-order valence-corrected chi connectivity index (χ2v) is 11.3. The van der Waals surface area contributed by atoms with Crippen molar-refractivity contribution in [3.63, 3.8) is 0 Å². The number of nitrogens with zero attached hydrogens (tertiary/aromatic N) is 3. The number of imidazole rings is 1. The van der Waals surface area contributed by atoms with Gasteiger partial charge in [0.2, 0.25) is 0 Å². The van der Waals surface area contributed by atoms with Gasteiger partial charge in [0.1, 0.15) is 5.82 Å². The number of fused-ring (bicyclic) bond motifs is 6. The first kappa shape index (κ1) is 24.6. The van der Waals surface area contributed by atoms with Crippen LogP contribution in [0.4, 0.5) is 0 Å². The predicted octanol–water partition coefficient (Wildman–Crippen LogP) is 10.6. The summed E-state index contributed by atoms with van der Waals surface area (Å²) < 4.78 is 4.69. The maximum Gasteiger partial charge on any atom is 0.145 e. The summed E-state index contributed by atoms with van der Waals surface area (Å²) in [5.74, 6) is 0.940. The van der Waals surface area contributed by atoms with E-state index in [1.807, 2.05) is 0 Å². The largest absolute Gasteiger partial charge is 0.309 e. The molecule has 2 heterocycles. The minimum atomic E-state index is 0.940. The van der Waals surface area contributed by atoms with Gasteiger partial charge >= 0.3 is 0 Å². The summed E-state index contributed by atoms with van der Waals surface area (Å²) in [6.07, 6.45) is 0. The third-order valence-electron chi connectivity index (χ3n) is 8.69. The first-order valence-corrected chi connectivity index (χ1v) is 15.0. The third-order valence-corrected chi connectivity index (χ3v) is 8.69. The zero-order valence-corrected chi connectivity index (χ0v) is 23.9. The highest BCUT2D eigenvalue weighted by Crippen LogP contribution is 2.39. The summed E-state index contributed by atoms with van der Waals surface area (Å²) in [5.41, 5.74) is 10.2. The van der Waals surface area contributed by atoms with Crippen LogP contribution in [0.25, 0.3) is 77.5 Å². The molecule has 9 rings (SSSR count). The highest BCUT2D eigenvalue weighted by atomic mass is 15.1. The highest BCUT2D eigenvalue weighted by Gasteiger charge is 2.19. The Bertz CT molecular complexity index is 2470. The summed E-state index contributed by atoms with van der Waals surface area (Å²) in [5, 5.41) is 4.81. The zero-order valence-electron chi connectivity index (χ0n) is 23.9. The minimum Gasteiger partial charge on any atom is -0.309 e. The summed E-state index contributed by atoms with van der Waals surface area (Å²) in [7, 11) is 0. The highest BCUT2D eigenvalue weighted by molar-refractivity contribution is 6.17. The molecule has 0 N–H and O–H groups in total. The van der Waals surface area contributed by atoms with Crippen LogP contribution in [0.15, 0.2) is 164 Å². The Morgan fingerprint density at radius 1 is 0.364 bits per heavy atom. The van der Waals surface area contributed by atoms with E-state index < -0.39 is 0 Å².